The van der Waals surface area contributed by atoms with Gasteiger partial charge in [-0.15, -0.1) is 0 Å². The number of amides is 1. The molecule has 1 N–H and O–H groups in total. The van der Waals surface area contributed by atoms with Gasteiger partial charge >= 0.3 is 6.09 Å². The van der Waals surface area contributed by atoms with Gasteiger partial charge in [-0.05, 0) is 77.3 Å². The molecule has 2 aliphatic rings. The summed E-state index contributed by atoms with van der Waals surface area (Å²) in [4.78, 5) is 16.7. The molecule has 140 valence electrons. The third kappa shape index (κ3) is 5.35. The van der Waals surface area contributed by atoms with Crippen molar-refractivity contribution >= 4 is 6.09 Å². The van der Waals surface area contributed by atoms with Crippen LogP contribution in [0.3, 0.4) is 0 Å². The van der Waals surface area contributed by atoms with Crippen LogP contribution in [0.4, 0.5) is 4.79 Å². The molecule has 2 fully saturated rings. The second-order valence-electron chi connectivity index (χ2n) is 8.75. The Morgan fingerprint density at radius 1 is 1.25 bits per heavy atom. The number of rotatable bonds is 4. The Morgan fingerprint density at radius 3 is 2.46 bits per heavy atom. The van der Waals surface area contributed by atoms with E-state index < -0.39 is 5.60 Å². The zero-order valence-corrected chi connectivity index (χ0v) is 16.0. The molecular weight excluding hydrogens is 304 g/mol. The SMILES string of the molecule is CCC1(CO)CCN(CC2CCCN(C(=O)OC(C)(C)C)C2)CC1. The minimum absolute atomic E-state index is 0.144. The van der Waals surface area contributed by atoms with Gasteiger partial charge in [0.15, 0.2) is 0 Å². The minimum atomic E-state index is -0.426. The Hall–Kier alpha value is -0.810. The summed E-state index contributed by atoms with van der Waals surface area (Å²) in [6, 6.07) is 0. The van der Waals surface area contributed by atoms with Gasteiger partial charge in [0.05, 0.1) is 0 Å². The quantitative estimate of drug-likeness (QED) is 0.854. The van der Waals surface area contributed by atoms with Crippen molar-refractivity contribution in [3.8, 4) is 0 Å². The van der Waals surface area contributed by atoms with Crippen LogP contribution in [0.1, 0.15) is 59.8 Å². The molecule has 0 radical (unpaired) electrons. The first-order chi connectivity index (χ1) is 11.3. The van der Waals surface area contributed by atoms with Gasteiger partial charge in [0.2, 0.25) is 0 Å². The van der Waals surface area contributed by atoms with Crippen LogP contribution in [0.15, 0.2) is 0 Å². The Morgan fingerprint density at radius 2 is 1.92 bits per heavy atom. The van der Waals surface area contributed by atoms with Crippen LogP contribution in [0.5, 0.6) is 0 Å². The van der Waals surface area contributed by atoms with Crippen molar-refractivity contribution in [3.63, 3.8) is 0 Å². The Labute approximate surface area is 147 Å². The van der Waals surface area contributed by atoms with E-state index in [0.29, 0.717) is 12.5 Å². The molecule has 0 aromatic rings. The molecule has 0 aromatic carbocycles. The number of hydrogen-bond acceptors (Lipinski definition) is 4. The molecule has 24 heavy (non-hydrogen) atoms. The zero-order chi connectivity index (χ0) is 17.8. The molecule has 0 bridgehead atoms. The van der Waals surface area contributed by atoms with E-state index in [1.54, 1.807) is 0 Å². The van der Waals surface area contributed by atoms with E-state index in [4.69, 9.17) is 4.74 Å². The predicted octanol–water partition coefficient (Wildman–Crippen LogP) is 3.12. The van der Waals surface area contributed by atoms with Crippen molar-refractivity contribution < 1.29 is 14.6 Å². The van der Waals surface area contributed by atoms with Crippen molar-refractivity contribution in [2.75, 3.05) is 39.3 Å². The fourth-order valence-electron chi connectivity index (χ4n) is 3.90. The van der Waals surface area contributed by atoms with Gasteiger partial charge < -0.3 is 19.6 Å². The van der Waals surface area contributed by atoms with Crippen molar-refractivity contribution in [1.29, 1.82) is 0 Å². The van der Waals surface area contributed by atoms with Crippen LogP contribution in [-0.4, -0.2) is 65.9 Å². The second-order valence-corrected chi connectivity index (χ2v) is 8.75. The van der Waals surface area contributed by atoms with E-state index in [0.717, 1.165) is 58.4 Å². The number of piperidine rings is 2. The lowest BCUT2D eigenvalue weighted by molar-refractivity contribution is 0.00813. The number of ether oxygens (including phenoxy) is 1. The van der Waals surface area contributed by atoms with Gasteiger partial charge in [-0.3, -0.25) is 0 Å². The summed E-state index contributed by atoms with van der Waals surface area (Å²) < 4.78 is 5.52. The maximum atomic E-state index is 12.3. The normalized spacial score (nSPS) is 25.5. The summed E-state index contributed by atoms with van der Waals surface area (Å²) in [5.74, 6) is 0.537. The molecule has 1 amide bonds. The van der Waals surface area contributed by atoms with Crippen molar-refractivity contribution in [1.82, 2.24) is 9.80 Å². The van der Waals surface area contributed by atoms with Crippen molar-refractivity contribution in [2.45, 2.75) is 65.4 Å². The standard InChI is InChI=1S/C19H36N2O3/c1-5-19(15-22)8-11-20(12-9-19)13-16-7-6-10-21(14-16)17(23)24-18(2,3)4/h16,22H,5-15H2,1-4H3. The van der Waals surface area contributed by atoms with E-state index >= 15 is 0 Å². The van der Waals surface area contributed by atoms with E-state index in [1.807, 2.05) is 25.7 Å². The maximum Gasteiger partial charge on any atom is 0.410 e. The summed E-state index contributed by atoms with van der Waals surface area (Å²) in [5, 5.41) is 9.66. The number of aliphatic hydroxyl groups is 1. The fourth-order valence-corrected chi connectivity index (χ4v) is 3.90. The average Bonchev–Trinajstić information content (AvgIpc) is 2.55. The van der Waals surface area contributed by atoms with Crippen LogP contribution in [0.2, 0.25) is 0 Å². The van der Waals surface area contributed by atoms with Gasteiger partial charge in [-0.1, -0.05) is 6.92 Å². The zero-order valence-electron chi connectivity index (χ0n) is 16.0. The van der Waals surface area contributed by atoms with E-state index in [-0.39, 0.29) is 11.5 Å². The van der Waals surface area contributed by atoms with E-state index in [2.05, 4.69) is 11.8 Å². The lowest BCUT2D eigenvalue weighted by Gasteiger charge is -2.42. The van der Waals surface area contributed by atoms with E-state index in [1.165, 1.54) is 6.42 Å². The summed E-state index contributed by atoms with van der Waals surface area (Å²) in [6.45, 7) is 13.1. The lowest BCUT2D eigenvalue weighted by Crippen LogP contribution is -2.48. The highest BCUT2D eigenvalue weighted by Gasteiger charge is 2.34. The summed E-state index contributed by atoms with van der Waals surface area (Å²) in [7, 11) is 0. The molecule has 2 aliphatic heterocycles. The van der Waals surface area contributed by atoms with Gasteiger partial charge in [0.25, 0.3) is 0 Å². The van der Waals surface area contributed by atoms with Crippen molar-refractivity contribution in [2.24, 2.45) is 11.3 Å². The average molecular weight is 341 g/mol. The van der Waals surface area contributed by atoms with E-state index in [9.17, 15) is 9.90 Å². The largest absolute Gasteiger partial charge is 0.444 e. The number of carbonyl (C=O) groups excluding carboxylic acids is 1. The summed E-state index contributed by atoms with van der Waals surface area (Å²) >= 11 is 0. The number of hydrogen-bond donors (Lipinski definition) is 1. The van der Waals surface area contributed by atoms with Gasteiger partial charge in [0.1, 0.15) is 5.60 Å². The Kier molecular flexibility index (Phi) is 6.54. The predicted molar refractivity (Wildman–Crippen MR) is 96.0 cm³/mol. The third-order valence-corrected chi connectivity index (χ3v) is 5.69. The Balaban J connectivity index is 1.80. The fraction of sp³-hybridized carbons (Fsp3) is 0.947. The van der Waals surface area contributed by atoms with Gasteiger partial charge in [-0.2, -0.15) is 0 Å². The molecule has 0 aliphatic carbocycles. The first kappa shape index (κ1) is 19.5. The summed E-state index contributed by atoms with van der Waals surface area (Å²) in [6.07, 6.45) is 5.32. The molecule has 2 heterocycles. The number of likely N-dealkylation sites (tertiary alicyclic amines) is 2. The highest BCUT2D eigenvalue weighted by Crippen LogP contribution is 2.34. The molecule has 5 nitrogen and oxygen atoms in total. The van der Waals surface area contributed by atoms with Gasteiger partial charge in [-0.25, -0.2) is 4.79 Å². The number of aliphatic hydroxyl groups excluding tert-OH is 1. The molecule has 2 saturated heterocycles. The lowest BCUT2D eigenvalue weighted by atomic mass is 9.77. The molecule has 0 aromatic heterocycles. The van der Waals surface area contributed by atoms with Crippen LogP contribution in [0, 0.1) is 11.3 Å². The number of carbonyl (C=O) groups is 1. The molecule has 0 spiro atoms. The molecule has 2 rings (SSSR count). The highest BCUT2D eigenvalue weighted by molar-refractivity contribution is 5.68. The first-order valence-electron chi connectivity index (χ1n) is 9.58. The first-order valence-corrected chi connectivity index (χ1v) is 9.58. The maximum absolute atomic E-state index is 12.3. The molecule has 1 atom stereocenters. The third-order valence-electron chi connectivity index (χ3n) is 5.69. The molecule has 5 heteroatoms. The van der Waals surface area contributed by atoms with Crippen LogP contribution in [0.25, 0.3) is 0 Å². The smallest absolute Gasteiger partial charge is 0.410 e. The van der Waals surface area contributed by atoms with Crippen LogP contribution < -0.4 is 0 Å². The monoisotopic (exact) mass is 340 g/mol. The Bertz CT molecular complexity index is 405. The van der Waals surface area contributed by atoms with Gasteiger partial charge in [0, 0.05) is 26.2 Å². The summed E-state index contributed by atoms with van der Waals surface area (Å²) in [5.41, 5.74) is -0.281. The molecule has 0 saturated carbocycles. The molecule has 1 unspecified atom stereocenters. The van der Waals surface area contributed by atoms with Crippen molar-refractivity contribution in [3.05, 3.63) is 0 Å². The second kappa shape index (κ2) is 8.05. The van der Waals surface area contributed by atoms with Crippen LogP contribution >= 0.6 is 0 Å². The topological polar surface area (TPSA) is 53.0 Å². The highest BCUT2D eigenvalue weighted by atomic mass is 16.6. The van der Waals surface area contributed by atoms with Crippen LogP contribution in [-0.2, 0) is 4.74 Å². The minimum Gasteiger partial charge on any atom is -0.444 e. The molecular formula is C19H36N2O3. The number of nitrogens with zero attached hydrogens (tertiary/aromatic N) is 2.